The molecule has 1 nitrogen and oxygen atoms in total. The first kappa shape index (κ1) is 6.92. The summed E-state index contributed by atoms with van der Waals surface area (Å²) in [7, 11) is 5.64. The van der Waals surface area contributed by atoms with Crippen LogP contribution in [0.2, 0.25) is 0 Å². The van der Waals surface area contributed by atoms with Crippen molar-refractivity contribution in [3.63, 3.8) is 0 Å². The van der Waals surface area contributed by atoms with Crippen molar-refractivity contribution in [1.29, 1.82) is 0 Å². The topological polar surface area (TPSA) is 26.0 Å². The van der Waals surface area contributed by atoms with Gasteiger partial charge < -0.3 is 5.73 Å². The van der Waals surface area contributed by atoms with Gasteiger partial charge in [0.05, 0.1) is 0 Å². The first-order valence-electron chi connectivity index (χ1n) is 3.91. The lowest BCUT2D eigenvalue weighted by Crippen LogP contribution is -2.07. The first-order valence-corrected chi connectivity index (χ1v) is 3.91. The monoisotopic (exact) mass is 143 g/mol. The van der Waals surface area contributed by atoms with Crippen LogP contribution in [0.4, 0.5) is 0 Å². The molecule has 0 saturated heterocycles. The molecule has 1 aliphatic rings. The number of fused-ring (bicyclic) bond motifs is 1. The first-order chi connectivity index (χ1) is 5.27. The number of aryl methyl sites for hydroxylation is 1. The van der Waals surface area contributed by atoms with Gasteiger partial charge in [0.25, 0.3) is 0 Å². The highest BCUT2D eigenvalue weighted by Crippen LogP contribution is 2.27. The lowest BCUT2D eigenvalue weighted by atomic mass is 9.92. The minimum Gasteiger partial charge on any atom is -0.324 e. The van der Waals surface area contributed by atoms with Gasteiger partial charge in [0.1, 0.15) is 7.85 Å². The minimum atomic E-state index is 0.241. The van der Waals surface area contributed by atoms with Crippen molar-refractivity contribution >= 4 is 13.3 Å². The summed E-state index contributed by atoms with van der Waals surface area (Å²) in [4.78, 5) is 0. The Kier molecular flexibility index (Phi) is 1.50. The molecule has 0 amide bonds. The molecule has 1 aromatic carbocycles. The highest BCUT2D eigenvalue weighted by molar-refractivity contribution is 6.32. The molecule has 2 heteroatoms. The normalized spacial score (nSPS) is 21.7. The maximum absolute atomic E-state index is 5.86. The summed E-state index contributed by atoms with van der Waals surface area (Å²) in [5, 5.41) is 0. The van der Waals surface area contributed by atoms with Gasteiger partial charge in [-0.1, -0.05) is 23.7 Å². The van der Waals surface area contributed by atoms with Crippen molar-refractivity contribution in [3.05, 3.63) is 29.3 Å². The van der Waals surface area contributed by atoms with Gasteiger partial charge in [-0.25, -0.2) is 0 Å². The van der Waals surface area contributed by atoms with Gasteiger partial charge in [0.2, 0.25) is 0 Å². The summed E-state index contributed by atoms with van der Waals surface area (Å²) in [5.41, 5.74) is 9.31. The van der Waals surface area contributed by atoms with Gasteiger partial charge in [0, 0.05) is 6.04 Å². The molecule has 0 aliphatic heterocycles. The highest BCUT2D eigenvalue weighted by atomic mass is 14.6. The van der Waals surface area contributed by atoms with Gasteiger partial charge in [-0.05, 0) is 24.0 Å². The summed E-state index contributed by atoms with van der Waals surface area (Å²) in [6.07, 6.45) is 2.15. The predicted octanol–water partition coefficient (Wildman–Crippen LogP) is 0.426. The fourth-order valence-corrected chi connectivity index (χ4v) is 1.67. The van der Waals surface area contributed by atoms with Crippen molar-refractivity contribution in [1.82, 2.24) is 0 Å². The van der Waals surface area contributed by atoms with E-state index in [1.54, 1.807) is 0 Å². The zero-order valence-electron chi connectivity index (χ0n) is 6.38. The number of benzene rings is 1. The van der Waals surface area contributed by atoms with Crippen molar-refractivity contribution < 1.29 is 0 Å². The van der Waals surface area contributed by atoms with Gasteiger partial charge in [-0.3, -0.25) is 0 Å². The Morgan fingerprint density at radius 2 is 2.27 bits per heavy atom. The molecule has 1 aliphatic carbocycles. The van der Waals surface area contributed by atoms with Crippen LogP contribution in [-0.4, -0.2) is 7.85 Å². The molecule has 0 spiro atoms. The van der Waals surface area contributed by atoms with Crippen molar-refractivity contribution in [2.75, 3.05) is 0 Å². The number of nitrogens with two attached hydrogens (primary N) is 1. The minimum absolute atomic E-state index is 0.241. The maximum Gasteiger partial charge on any atom is 0.113 e. The van der Waals surface area contributed by atoms with Gasteiger partial charge >= 0.3 is 0 Å². The predicted molar refractivity (Wildman–Crippen MR) is 47.1 cm³/mol. The Hall–Kier alpha value is -0.755. The Morgan fingerprint density at radius 1 is 1.45 bits per heavy atom. The van der Waals surface area contributed by atoms with Crippen LogP contribution in [0.15, 0.2) is 18.2 Å². The molecule has 0 aromatic heterocycles. The van der Waals surface area contributed by atoms with E-state index in [2.05, 4.69) is 0 Å². The third-order valence-corrected chi connectivity index (χ3v) is 2.29. The molecular weight excluding hydrogens is 133 g/mol. The van der Waals surface area contributed by atoms with Gasteiger partial charge in [0.15, 0.2) is 0 Å². The van der Waals surface area contributed by atoms with Crippen molar-refractivity contribution in [2.24, 2.45) is 5.73 Å². The number of hydrogen-bond acceptors (Lipinski definition) is 1. The van der Waals surface area contributed by atoms with Gasteiger partial charge in [-0.15, -0.1) is 0 Å². The lowest BCUT2D eigenvalue weighted by molar-refractivity contribution is 0.713. The molecule has 1 unspecified atom stereocenters. The molecule has 1 aromatic rings. The number of rotatable bonds is 0. The van der Waals surface area contributed by atoms with Crippen LogP contribution in [0.25, 0.3) is 0 Å². The molecular formula is C9H10BN. The Morgan fingerprint density at radius 3 is 3.09 bits per heavy atom. The third kappa shape index (κ3) is 1.08. The summed E-state index contributed by atoms with van der Waals surface area (Å²) < 4.78 is 0. The second kappa shape index (κ2) is 2.38. The van der Waals surface area contributed by atoms with Crippen LogP contribution in [0.1, 0.15) is 23.6 Å². The molecule has 2 N–H and O–H groups in total. The molecule has 0 heterocycles. The molecule has 11 heavy (non-hydrogen) atoms. The molecule has 0 bridgehead atoms. The van der Waals surface area contributed by atoms with Gasteiger partial charge in [-0.2, -0.15) is 0 Å². The Bertz CT molecular complexity index is 283. The summed E-state index contributed by atoms with van der Waals surface area (Å²) in [6, 6.07) is 6.24. The molecule has 1 atom stereocenters. The van der Waals surface area contributed by atoms with Crippen molar-refractivity contribution in [2.45, 2.75) is 18.9 Å². The Balaban J connectivity index is 2.50. The largest absolute Gasteiger partial charge is 0.324 e. The summed E-state index contributed by atoms with van der Waals surface area (Å²) >= 11 is 0. The number of hydrogen-bond donors (Lipinski definition) is 1. The standard InChI is InChI=1S/C9H10BN/c10-7-2-3-8-6(5-7)1-4-9(8)11/h2-3,5,9H,1,4,11H2. The van der Waals surface area contributed by atoms with E-state index < -0.39 is 0 Å². The molecule has 0 fully saturated rings. The molecule has 2 rings (SSSR count). The molecule has 2 radical (unpaired) electrons. The van der Waals surface area contributed by atoms with E-state index in [4.69, 9.17) is 13.6 Å². The Labute approximate surface area is 68.0 Å². The summed E-state index contributed by atoms with van der Waals surface area (Å²) in [5.74, 6) is 0. The van der Waals surface area contributed by atoms with E-state index in [9.17, 15) is 0 Å². The highest BCUT2D eigenvalue weighted by Gasteiger charge is 2.17. The fraction of sp³-hybridized carbons (Fsp3) is 0.333. The average molecular weight is 143 g/mol. The second-order valence-electron chi connectivity index (χ2n) is 3.10. The van der Waals surface area contributed by atoms with Crippen LogP contribution in [-0.2, 0) is 6.42 Å². The fourth-order valence-electron chi connectivity index (χ4n) is 1.67. The molecule has 54 valence electrons. The zero-order valence-corrected chi connectivity index (χ0v) is 6.38. The maximum atomic E-state index is 5.86. The van der Waals surface area contributed by atoms with E-state index in [0.717, 1.165) is 18.3 Å². The van der Waals surface area contributed by atoms with Crippen LogP contribution < -0.4 is 11.2 Å². The van der Waals surface area contributed by atoms with E-state index in [1.807, 2.05) is 18.2 Å². The van der Waals surface area contributed by atoms with Crippen LogP contribution in [0.5, 0.6) is 0 Å². The quantitative estimate of drug-likeness (QED) is 0.523. The van der Waals surface area contributed by atoms with E-state index in [0.29, 0.717) is 0 Å². The van der Waals surface area contributed by atoms with Crippen LogP contribution >= 0.6 is 0 Å². The van der Waals surface area contributed by atoms with E-state index in [-0.39, 0.29) is 6.04 Å². The summed E-state index contributed by atoms with van der Waals surface area (Å²) in [6.45, 7) is 0. The van der Waals surface area contributed by atoms with E-state index >= 15 is 0 Å². The van der Waals surface area contributed by atoms with E-state index in [1.165, 1.54) is 11.1 Å². The van der Waals surface area contributed by atoms with Crippen molar-refractivity contribution in [3.8, 4) is 0 Å². The third-order valence-electron chi connectivity index (χ3n) is 2.29. The SMILES string of the molecule is [B]c1ccc2c(c1)CCC2N. The van der Waals surface area contributed by atoms with Crippen LogP contribution in [0, 0.1) is 0 Å². The molecule has 0 saturated carbocycles. The zero-order chi connectivity index (χ0) is 7.84. The van der Waals surface area contributed by atoms with Crippen LogP contribution in [0.3, 0.4) is 0 Å². The average Bonchev–Trinajstić information content (AvgIpc) is 2.32. The smallest absolute Gasteiger partial charge is 0.113 e. The second-order valence-corrected chi connectivity index (χ2v) is 3.10. The lowest BCUT2D eigenvalue weighted by Gasteiger charge is -2.04.